The molecule has 34 heavy (non-hydrogen) atoms. The second kappa shape index (κ2) is 10.7. The largest absolute Gasteiger partial charge is 0.495 e. The van der Waals surface area contributed by atoms with Crippen molar-refractivity contribution in [3.05, 3.63) is 75.2 Å². The Morgan fingerprint density at radius 3 is 2.18 bits per heavy atom. The van der Waals surface area contributed by atoms with Gasteiger partial charge < -0.3 is 14.8 Å². The number of ether oxygens (including phenoxy) is 2. The van der Waals surface area contributed by atoms with Crippen LogP contribution in [0, 0.1) is 6.92 Å². The molecule has 0 saturated carbocycles. The maximum Gasteiger partial charge on any atom is 0.268 e. The lowest BCUT2D eigenvalue weighted by molar-refractivity contribution is -0.114. The van der Waals surface area contributed by atoms with E-state index >= 15 is 0 Å². The van der Waals surface area contributed by atoms with Crippen molar-refractivity contribution in [1.82, 2.24) is 0 Å². The van der Waals surface area contributed by atoms with E-state index in [1.807, 2.05) is 0 Å². The highest BCUT2D eigenvalue weighted by Gasteiger charge is 2.31. The van der Waals surface area contributed by atoms with Crippen molar-refractivity contribution >= 4 is 62.1 Å². The molecule has 0 aromatic heterocycles. The third-order valence-corrected chi connectivity index (χ3v) is 7.63. The molecule has 3 rings (SSSR count). The molecular weight excluding hydrogens is 523 g/mol. The first-order valence-corrected chi connectivity index (χ1v) is 12.4. The van der Waals surface area contributed by atoms with Crippen molar-refractivity contribution in [1.29, 1.82) is 0 Å². The first kappa shape index (κ1) is 26.0. The quantitative estimate of drug-likeness (QED) is 0.388. The fourth-order valence-corrected chi connectivity index (χ4v) is 5.34. The van der Waals surface area contributed by atoms with Gasteiger partial charge in [-0.1, -0.05) is 40.9 Å². The van der Waals surface area contributed by atoms with Gasteiger partial charge in [-0.2, -0.15) is 0 Å². The average molecular weight is 544 g/mol. The maximum atomic E-state index is 13.8. The van der Waals surface area contributed by atoms with Crippen molar-refractivity contribution in [2.45, 2.75) is 11.8 Å². The summed E-state index contributed by atoms with van der Waals surface area (Å²) in [6.45, 7) is 1.20. The maximum absolute atomic E-state index is 13.8. The first-order valence-electron chi connectivity index (χ1n) is 9.82. The number of sulfonamides is 1. The van der Waals surface area contributed by atoms with Crippen LogP contribution in [0.5, 0.6) is 11.5 Å². The Labute approximate surface area is 213 Å². The number of anilines is 2. The Bertz CT molecular complexity index is 1330. The molecule has 0 aliphatic rings. The minimum Gasteiger partial charge on any atom is -0.495 e. The van der Waals surface area contributed by atoms with Crippen molar-refractivity contribution in [3.63, 3.8) is 0 Å². The lowest BCUT2D eigenvalue weighted by atomic mass is 10.2. The highest BCUT2D eigenvalue weighted by atomic mass is 35.5. The third-order valence-electron chi connectivity index (χ3n) is 4.80. The topological polar surface area (TPSA) is 84.9 Å². The van der Waals surface area contributed by atoms with Gasteiger partial charge in [-0.3, -0.25) is 9.10 Å². The summed E-state index contributed by atoms with van der Waals surface area (Å²) >= 11 is 18.2. The van der Waals surface area contributed by atoms with Crippen molar-refractivity contribution in [3.8, 4) is 11.5 Å². The number of amides is 1. The van der Waals surface area contributed by atoms with Gasteiger partial charge in [0.2, 0.25) is 5.91 Å². The Kier molecular flexibility index (Phi) is 8.20. The normalized spacial score (nSPS) is 11.1. The molecule has 7 nitrogen and oxygen atoms in total. The van der Waals surface area contributed by atoms with Gasteiger partial charge in [-0.25, -0.2) is 8.42 Å². The highest BCUT2D eigenvalue weighted by Crippen LogP contribution is 2.35. The predicted octanol–water partition coefficient (Wildman–Crippen LogP) is 5.81. The van der Waals surface area contributed by atoms with E-state index in [0.717, 1.165) is 4.31 Å². The number of carbonyl (C=O) groups is 1. The van der Waals surface area contributed by atoms with Gasteiger partial charge in [0.1, 0.15) is 22.9 Å². The molecule has 1 amide bonds. The Balaban J connectivity index is 2.05. The molecular formula is C23H21Cl3N2O5S. The molecule has 0 spiro atoms. The SMILES string of the molecule is COc1ccc(N(CC(=O)Nc2ccc(Cl)c(Cl)c2)S(=O)(=O)c2cc(C)ccc2OC)cc1Cl. The van der Waals surface area contributed by atoms with Crippen LogP contribution in [0.25, 0.3) is 0 Å². The molecule has 0 heterocycles. The molecule has 0 bridgehead atoms. The minimum absolute atomic E-state index is 0.0933. The lowest BCUT2D eigenvalue weighted by Gasteiger charge is -2.25. The van der Waals surface area contributed by atoms with Crippen LogP contribution in [0.15, 0.2) is 59.5 Å². The lowest BCUT2D eigenvalue weighted by Crippen LogP contribution is -2.38. The summed E-state index contributed by atoms with van der Waals surface area (Å²) < 4.78 is 38.9. The van der Waals surface area contributed by atoms with Crippen molar-refractivity contribution in [2.24, 2.45) is 0 Å². The zero-order valence-corrected chi connectivity index (χ0v) is 21.5. The smallest absolute Gasteiger partial charge is 0.268 e. The molecule has 3 aromatic carbocycles. The Morgan fingerprint density at radius 2 is 1.56 bits per heavy atom. The monoisotopic (exact) mass is 542 g/mol. The van der Waals surface area contributed by atoms with Crippen LogP contribution in [-0.2, 0) is 14.8 Å². The Hall–Kier alpha value is -2.65. The van der Waals surface area contributed by atoms with Gasteiger partial charge in [-0.15, -0.1) is 0 Å². The number of carbonyl (C=O) groups excluding carboxylic acids is 1. The molecule has 0 unspecified atom stereocenters. The zero-order chi connectivity index (χ0) is 25.0. The molecule has 0 saturated heterocycles. The summed E-state index contributed by atoms with van der Waals surface area (Å²) in [4.78, 5) is 12.8. The molecule has 0 fully saturated rings. The number of hydrogen-bond acceptors (Lipinski definition) is 5. The molecule has 0 aliphatic carbocycles. The van der Waals surface area contributed by atoms with Crippen LogP contribution < -0.4 is 19.1 Å². The van der Waals surface area contributed by atoms with E-state index in [4.69, 9.17) is 44.3 Å². The highest BCUT2D eigenvalue weighted by molar-refractivity contribution is 7.93. The fourth-order valence-electron chi connectivity index (χ4n) is 3.13. The number of benzene rings is 3. The van der Waals surface area contributed by atoms with Gasteiger partial charge in [0.25, 0.3) is 10.0 Å². The summed E-state index contributed by atoms with van der Waals surface area (Å²) in [5.74, 6) is -0.114. The summed E-state index contributed by atoms with van der Waals surface area (Å²) in [7, 11) is -1.44. The zero-order valence-electron chi connectivity index (χ0n) is 18.4. The van der Waals surface area contributed by atoms with Gasteiger partial charge in [0.05, 0.1) is 35.0 Å². The summed E-state index contributed by atoms with van der Waals surface area (Å²) in [6, 6.07) is 13.7. The van der Waals surface area contributed by atoms with E-state index in [1.54, 1.807) is 25.1 Å². The predicted molar refractivity (Wildman–Crippen MR) is 135 cm³/mol. The minimum atomic E-state index is -4.26. The third kappa shape index (κ3) is 5.70. The molecule has 3 aromatic rings. The van der Waals surface area contributed by atoms with E-state index in [9.17, 15) is 13.2 Å². The van der Waals surface area contributed by atoms with E-state index in [1.165, 1.54) is 50.6 Å². The molecule has 0 radical (unpaired) electrons. The molecule has 1 N–H and O–H groups in total. The first-order chi connectivity index (χ1) is 16.1. The van der Waals surface area contributed by atoms with E-state index in [2.05, 4.69) is 5.32 Å². The number of aryl methyl sites for hydroxylation is 1. The summed E-state index contributed by atoms with van der Waals surface area (Å²) in [5.41, 5.74) is 1.23. The second-order valence-electron chi connectivity index (χ2n) is 7.16. The van der Waals surface area contributed by atoms with Gasteiger partial charge in [-0.05, 0) is 61.0 Å². The molecule has 0 atom stereocenters. The summed E-state index contributed by atoms with van der Waals surface area (Å²) in [6.07, 6.45) is 0. The van der Waals surface area contributed by atoms with E-state index < -0.39 is 22.5 Å². The molecule has 180 valence electrons. The van der Waals surface area contributed by atoms with Crippen LogP contribution >= 0.6 is 34.8 Å². The molecule has 0 aliphatic heterocycles. The number of nitrogens with zero attached hydrogens (tertiary/aromatic N) is 1. The number of methoxy groups -OCH3 is 2. The van der Waals surface area contributed by atoms with Crippen LogP contribution in [0.1, 0.15) is 5.56 Å². The number of hydrogen-bond donors (Lipinski definition) is 1. The van der Waals surface area contributed by atoms with Crippen LogP contribution in [0.2, 0.25) is 15.1 Å². The average Bonchev–Trinajstić information content (AvgIpc) is 2.79. The van der Waals surface area contributed by atoms with Crippen LogP contribution in [0.4, 0.5) is 11.4 Å². The summed E-state index contributed by atoms with van der Waals surface area (Å²) in [5, 5.41) is 3.38. The number of nitrogens with one attached hydrogen (secondary N) is 1. The van der Waals surface area contributed by atoms with E-state index in [-0.39, 0.29) is 26.4 Å². The van der Waals surface area contributed by atoms with Gasteiger partial charge in [0, 0.05) is 5.69 Å². The van der Waals surface area contributed by atoms with Gasteiger partial charge in [0.15, 0.2) is 0 Å². The standard InChI is InChI=1S/C23H21Cl3N2O5S/c1-14-4-8-21(33-3)22(10-14)34(30,31)28(16-6-9-20(32-2)19(26)12-16)13-23(29)27-15-5-7-17(24)18(25)11-15/h4-12H,13H2,1-3H3,(H,27,29). The number of halogens is 3. The van der Waals surface area contributed by atoms with Gasteiger partial charge >= 0.3 is 0 Å². The van der Waals surface area contributed by atoms with E-state index in [0.29, 0.717) is 22.0 Å². The number of rotatable bonds is 8. The van der Waals surface area contributed by atoms with Crippen molar-refractivity contribution < 1.29 is 22.7 Å². The fraction of sp³-hybridized carbons (Fsp3) is 0.174. The Morgan fingerprint density at radius 1 is 0.882 bits per heavy atom. The van der Waals surface area contributed by atoms with Crippen LogP contribution in [0.3, 0.4) is 0 Å². The van der Waals surface area contributed by atoms with Crippen molar-refractivity contribution in [2.75, 3.05) is 30.4 Å². The van der Waals surface area contributed by atoms with Crippen LogP contribution in [-0.4, -0.2) is 35.1 Å². The molecule has 11 heteroatoms. The second-order valence-corrected chi connectivity index (χ2v) is 10.2.